The molecule has 2 aromatic heterocycles. The maximum Gasteiger partial charge on any atom is 0.225 e. The number of rotatable bonds is 3. The van der Waals surface area contributed by atoms with Gasteiger partial charge in [0.1, 0.15) is 0 Å². The van der Waals surface area contributed by atoms with E-state index < -0.39 is 5.82 Å². The van der Waals surface area contributed by atoms with Gasteiger partial charge in [-0.2, -0.15) is 5.10 Å². The Kier molecular flexibility index (Phi) is 3.35. The van der Waals surface area contributed by atoms with Crippen LogP contribution >= 0.6 is 0 Å². The highest BCUT2D eigenvalue weighted by molar-refractivity contribution is 5.38. The first-order valence-corrected chi connectivity index (χ1v) is 6.41. The van der Waals surface area contributed by atoms with E-state index in [1.165, 1.54) is 18.1 Å². The summed E-state index contributed by atoms with van der Waals surface area (Å²) in [4.78, 5) is 10.1. The molecule has 7 heteroatoms. The molecule has 6 nitrogen and oxygen atoms in total. The first kappa shape index (κ1) is 13.0. The fraction of sp³-hybridized carbons (Fsp3) is 0.462. The molecule has 1 aliphatic rings. The van der Waals surface area contributed by atoms with E-state index >= 15 is 0 Å². The lowest BCUT2D eigenvalue weighted by atomic mass is 9.97. The minimum atomic E-state index is -0.429. The average Bonchev–Trinajstić information content (AvgIpc) is 2.82. The molecule has 0 bridgehead atoms. The third-order valence-corrected chi connectivity index (χ3v) is 3.51. The fourth-order valence-corrected chi connectivity index (χ4v) is 2.72. The van der Waals surface area contributed by atoms with Gasteiger partial charge in [0, 0.05) is 38.7 Å². The van der Waals surface area contributed by atoms with Crippen LogP contribution in [0.2, 0.25) is 0 Å². The minimum Gasteiger partial charge on any atom is -0.384 e. The second-order valence-corrected chi connectivity index (χ2v) is 4.91. The van der Waals surface area contributed by atoms with Crippen molar-refractivity contribution in [2.75, 3.05) is 25.2 Å². The van der Waals surface area contributed by atoms with Crippen molar-refractivity contribution in [2.24, 2.45) is 7.05 Å². The van der Waals surface area contributed by atoms with Gasteiger partial charge in [-0.15, -0.1) is 0 Å². The van der Waals surface area contributed by atoms with E-state index in [0.717, 1.165) is 12.1 Å². The van der Waals surface area contributed by atoms with Gasteiger partial charge in [0.05, 0.1) is 30.9 Å². The summed E-state index contributed by atoms with van der Waals surface area (Å²) in [5.41, 5.74) is 2.32. The molecule has 0 fully saturated rings. The van der Waals surface area contributed by atoms with Gasteiger partial charge in [-0.05, 0) is 0 Å². The molecule has 0 aromatic carbocycles. The van der Waals surface area contributed by atoms with Crippen LogP contribution in [0.3, 0.4) is 0 Å². The second-order valence-electron chi connectivity index (χ2n) is 4.91. The Labute approximate surface area is 116 Å². The SMILES string of the molecule is COC[C@@H]1CN(c2ncc(F)cn2)Cc2cnn(C)c21. The Bertz CT molecular complexity index is 597. The van der Waals surface area contributed by atoms with Gasteiger partial charge in [0.25, 0.3) is 0 Å². The maximum absolute atomic E-state index is 12.9. The summed E-state index contributed by atoms with van der Waals surface area (Å²) in [7, 11) is 3.62. The van der Waals surface area contributed by atoms with Crippen LogP contribution < -0.4 is 4.90 Å². The lowest BCUT2D eigenvalue weighted by Gasteiger charge is -2.32. The molecule has 0 unspecified atom stereocenters. The molecule has 1 aliphatic heterocycles. The number of aryl methyl sites for hydroxylation is 1. The molecular formula is C13H16FN5O. The highest BCUT2D eigenvalue weighted by Gasteiger charge is 2.29. The van der Waals surface area contributed by atoms with Crippen LogP contribution in [0.5, 0.6) is 0 Å². The standard InChI is InChI=1S/C13H16FN5O/c1-18-12-9(3-17-18)6-19(7-10(12)8-20-2)13-15-4-11(14)5-16-13/h3-5,10H,6-8H2,1-2H3/t10-/m0/s1. The van der Waals surface area contributed by atoms with E-state index in [0.29, 0.717) is 19.1 Å². The molecule has 0 aliphatic carbocycles. The topological polar surface area (TPSA) is 56.1 Å². The molecule has 3 heterocycles. The Morgan fingerprint density at radius 3 is 2.80 bits per heavy atom. The molecule has 0 saturated carbocycles. The van der Waals surface area contributed by atoms with Crippen LogP contribution in [-0.4, -0.2) is 40.0 Å². The van der Waals surface area contributed by atoms with E-state index in [1.54, 1.807) is 7.11 Å². The zero-order valence-electron chi connectivity index (χ0n) is 11.5. The Hall–Kier alpha value is -2.02. The summed E-state index contributed by atoms with van der Waals surface area (Å²) in [5, 5.41) is 4.31. The highest BCUT2D eigenvalue weighted by Crippen LogP contribution is 2.29. The summed E-state index contributed by atoms with van der Waals surface area (Å²) in [6, 6.07) is 0. The first-order chi connectivity index (χ1) is 9.69. The molecule has 106 valence electrons. The van der Waals surface area contributed by atoms with Gasteiger partial charge < -0.3 is 9.64 Å². The van der Waals surface area contributed by atoms with Gasteiger partial charge in [-0.1, -0.05) is 0 Å². The van der Waals surface area contributed by atoms with Gasteiger partial charge in [0.2, 0.25) is 5.95 Å². The molecule has 0 saturated heterocycles. The predicted octanol–water partition coefficient (Wildman–Crippen LogP) is 1.10. The van der Waals surface area contributed by atoms with Crippen LogP contribution in [0, 0.1) is 5.82 Å². The smallest absolute Gasteiger partial charge is 0.225 e. The van der Waals surface area contributed by atoms with Crippen LogP contribution in [-0.2, 0) is 18.3 Å². The summed E-state index contributed by atoms with van der Waals surface area (Å²) < 4.78 is 20.1. The number of fused-ring (bicyclic) bond motifs is 1. The van der Waals surface area contributed by atoms with Crippen molar-refractivity contribution < 1.29 is 9.13 Å². The Morgan fingerprint density at radius 1 is 1.35 bits per heavy atom. The molecule has 0 radical (unpaired) electrons. The van der Waals surface area contributed by atoms with E-state index in [4.69, 9.17) is 4.74 Å². The molecule has 3 rings (SSSR count). The quantitative estimate of drug-likeness (QED) is 0.841. The number of halogens is 1. The van der Waals surface area contributed by atoms with Crippen LogP contribution in [0.1, 0.15) is 17.2 Å². The van der Waals surface area contributed by atoms with E-state index in [9.17, 15) is 4.39 Å². The fourth-order valence-electron chi connectivity index (χ4n) is 2.72. The van der Waals surface area contributed by atoms with E-state index in [2.05, 4.69) is 15.1 Å². The summed E-state index contributed by atoms with van der Waals surface area (Å²) in [6.07, 6.45) is 4.23. The zero-order valence-corrected chi connectivity index (χ0v) is 11.5. The molecule has 1 atom stereocenters. The number of aromatic nitrogens is 4. The van der Waals surface area contributed by atoms with Crippen molar-refractivity contribution in [1.29, 1.82) is 0 Å². The number of hydrogen-bond donors (Lipinski definition) is 0. The van der Waals surface area contributed by atoms with Crippen molar-refractivity contribution in [2.45, 2.75) is 12.5 Å². The van der Waals surface area contributed by atoms with Crippen LogP contribution in [0.4, 0.5) is 10.3 Å². The first-order valence-electron chi connectivity index (χ1n) is 6.41. The molecule has 0 N–H and O–H groups in total. The maximum atomic E-state index is 12.9. The number of hydrogen-bond acceptors (Lipinski definition) is 5. The molecule has 2 aromatic rings. The second kappa shape index (κ2) is 5.16. The predicted molar refractivity (Wildman–Crippen MR) is 70.9 cm³/mol. The molecular weight excluding hydrogens is 261 g/mol. The van der Waals surface area contributed by atoms with E-state index in [1.807, 2.05) is 22.8 Å². The van der Waals surface area contributed by atoms with Crippen molar-refractivity contribution in [3.63, 3.8) is 0 Å². The monoisotopic (exact) mass is 277 g/mol. The largest absolute Gasteiger partial charge is 0.384 e. The number of anilines is 1. The van der Waals surface area contributed by atoms with Gasteiger partial charge >= 0.3 is 0 Å². The third kappa shape index (κ3) is 2.24. The van der Waals surface area contributed by atoms with Crippen molar-refractivity contribution in [3.05, 3.63) is 35.7 Å². The Balaban J connectivity index is 1.91. The number of nitrogens with zero attached hydrogens (tertiary/aromatic N) is 5. The third-order valence-electron chi connectivity index (χ3n) is 3.51. The van der Waals surface area contributed by atoms with Crippen molar-refractivity contribution in [1.82, 2.24) is 19.7 Å². The summed E-state index contributed by atoms with van der Waals surface area (Å²) in [5.74, 6) is 0.299. The molecule has 0 amide bonds. The van der Waals surface area contributed by atoms with Gasteiger partial charge in [0.15, 0.2) is 5.82 Å². The normalized spacial score (nSPS) is 18.1. The number of methoxy groups -OCH3 is 1. The van der Waals surface area contributed by atoms with Crippen LogP contribution in [0.25, 0.3) is 0 Å². The van der Waals surface area contributed by atoms with Crippen molar-refractivity contribution in [3.8, 4) is 0 Å². The summed E-state index contributed by atoms with van der Waals surface area (Å²) in [6.45, 7) is 2.01. The zero-order chi connectivity index (χ0) is 14.1. The van der Waals surface area contributed by atoms with Gasteiger partial charge in [-0.3, -0.25) is 4.68 Å². The van der Waals surface area contributed by atoms with Crippen molar-refractivity contribution >= 4 is 5.95 Å². The number of ether oxygens (including phenoxy) is 1. The molecule has 0 spiro atoms. The Morgan fingerprint density at radius 2 is 2.10 bits per heavy atom. The lowest BCUT2D eigenvalue weighted by Crippen LogP contribution is -2.37. The lowest BCUT2D eigenvalue weighted by molar-refractivity contribution is 0.175. The highest BCUT2D eigenvalue weighted by atomic mass is 19.1. The molecule has 20 heavy (non-hydrogen) atoms. The average molecular weight is 277 g/mol. The van der Waals surface area contributed by atoms with E-state index in [-0.39, 0.29) is 5.92 Å². The van der Waals surface area contributed by atoms with Crippen LogP contribution in [0.15, 0.2) is 18.6 Å². The minimum absolute atomic E-state index is 0.199. The summed E-state index contributed by atoms with van der Waals surface area (Å²) >= 11 is 0. The van der Waals surface area contributed by atoms with Gasteiger partial charge in [-0.25, -0.2) is 14.4 Å².